The van der Waals surface area contributed by atoms with E-state index in [0.29, 0.717) is 32.4 Å². The van der Waals surface area contributed by atoms with Crippen molar-refractivity contribution in [3.63, 3.8) is 0 Å². The van der Waals surface area contributed by atoms with E-state index in [1.54, 1.807) is 0 Å². The number of aliphatic hydroxyl groups excluding tert-OH is 3. The van der Waals surface area contributed by atoms with Crippen LogP contribution in [0, 0.1) is 17.8 Å². The molecule has 0 bridgehead atoms. The number of carbonyl (C=O) groups is 1. The third-order valence-electron chi connectivity index (χ3n) is 7.07. The Hall–Kier alpha value is -3.97. The number of amides is 1. The van der Waals surface area contributed by atoms with E-state index in [0.717, 1.165) is 12.1 Å². The van der Waals surface area contributed by atoms with Gasteiger partial charge >= 0.3 is 12.3 Å². The number of carbonyl (C=O) groups excluding carboxylic acids is 1. The molecule has 3 aromatic rings. The summed E-state index contributed by atoms with van der Waals surface area (Å²) in [6.07, 6.45) is -6.84. The summed E-state index contributed by atoms with van der Waals surface area (Å²) in [6.45, 7) is 0.247. The number of nitrogen functional groups attached to an aromatic ring is 1. The molecule has 4 atom stereocenters. The van der Waals surface area contributed by atoms with Crippen molar-refractivity contribution in [2.24, 2.45) is 5.92 Å². The van der Waals surface area contributed by atoms with E-state index in [9.17, 15) is 33.3 Å². The molecule has 2 aliphatic heterocycles. The number of benzene rings is 1. The highest BCUT2D eigenvalue weighted by Gasteiger charge is 2.44. The lowest BCUT2D eigenvalue weighted by Gasteiger charge is -2.30. The van der Waals surface area contributed by atoms with Gasteiger partial charge in [-0.3, -0.25) is 4.57 Å². The summed E-state index contributed by atoms with van der Waals surface area (Å²) >= 11 is 0. The van der Waals surface area contributed by atoms with Gasteiger partial charge in [-0.2, -0.15) is 13.2 Å². The van der Waals surface area contributed by atoms with Crippen LogP contribution in [-0.4, -0.2) is 83.8 Å². The van der Waals surface area contributed by atoms with Crippen molar-refractivity contribution < 1.29 is 42.8 Å². The molecule has 41 heavy (non-hydrogen) atoms. The number of aliphatic hydroxyl groups is 3. The first-order valence-corrected chi connectivity index (χ1v) is 12.8. The van der Waals surface area contributed by atoms with Crippen LogP contribution >= 0.6 is 0 Å². The molecule has 5 rings (SSSR count). The van der Waals surface area contributed by atoms with E-state index >= 15 is 0 Å². The third kappa shape index (κ3) is 6.05. The number of nitrogens with two attached hydrogens (primary N) is 1. The number of aromatic nitrogens is 4. The van der Waals surface area contributed by atoms with Crippen molar-refractivity contribution in [2.75, 3.05) is 25.4 Å². The van der Waals surface area contributed by atoms with Crippen molar-refractivity contribution in [1.82, 2.24) is 24.4 Å². The SMILES string of the molecule is Nc1nc(C#CCC2CCN(C(=O)Oc3cccc(C(F)(F)F)c3)CC2)nc2c1ncn2[C@@H]1O[C@H](CO)C(O)C1O. The Balaban J connectivity index is 1.19. The summed E-state index contributed by atoms with van der Waals surface area (Å²) in [6, 6.07) is 4.18. The lowest BCUT2D eigenvalue weighted by atomic mass is 9.94. The lowest BCUT2D eigenvalue weighted by Crippen LogP contribution is -2.40. The van der Waals surface area contributed by atoms with E-state index in [-0.39, 0.29) is 34.5 Å². The number of alkyl halides is 3. The molecule has 1 amide bonds. The zero-order valence-electron chi connectivity index (χ0n) is 21.5. The minimum Gasteiger partial charge on any atom is -0.410 e. The lowest BCUT2D eigenvalue weighted by molar-refractivity contribution is -0.137. The van der Waals surface area contributed by atoms with Crippen LogP contribution < -0.4 is 10.5 Å². The fraction of sp³-hybridized carbons (Fsp3) is 0.462. The molecule has 2 fully saturated rings. The molecule has 2 aromatic heterocycles. The van der Waals surface area contributed by atoms with E-state index in [2.05, 4.69) is 26.8 Å². The van der Waals surface area contributed by atoms with Crippen LogP contribution in [0.1, 0.15) is 36.9 Å². The number of rotatable bonds is 4. The average Bonchev–Trinajstić information content (AvgIpc) is 3.49. The molecule has 4 heterocycles. The Kier molecular flexibility index (Phi) is 8.00. The summed E-state index contributed by atoms with van der Waals surface area (Å²) in [5.41, 5.74) is 5.64. The molecule has 1 aromatic carbocycles. The van der Waals surface area contributed by atoms with Crippen LogP contribution in [0.5, 0.6) is 5.75 Å². The third-order valence-corrected chi connectivity index (χ3v) is 7.07. The zero-order valence-corrected chi connectivity index (χ0v) is 21.5. The van der Waals surface area contributed by atoms with Crippen molar-refractivity contribution in [1.29, 1.82) is 0 Å². The minimum absolute atomic E-state index is 0.0670. The quantitative estimate of drug-likeness (QED) is 0.335. The predicted molar refractivity (Wildman–Crippen MR) is 136 cm³/mol. The van der Waals surface area contributed by atoms with Gasteiger partial charge in [0.1, 0.15) is 29.6 Å². The summed E-state index contributed by atoms with van der Waals surface area (Å²) in [4.78, 5) is 26.6. The fourth-order valence-electron chi connectivity index (χ4n) is 4.79. The highest BCUT2D eigenvalue weighted by atomic mass is 19.4. The molecule has 0 radical (unpaired) electrons. The van der Waals surface area contributed by atoms with E-state index in [1.807, 2.05) is 0 Å². The first kappa shape index (κ1) is 28.6. The molecule has 0 saturated carbocycles. The number of anilines is 1. The number of hydrogen-bond donors (Lipinski definition) is 4. The zero-order chi connectivity index (χ0) is 29.3. The number of fused-ring (bicyclic) bond motifs is 1. The average molecular weight is 577 g/mol. The Morgan fingerprint density at radius 3 is 2.63 bits per heavy atom. The molecule has 5 N–H and O–H groups in total. The number of ether oxygens (including phenoxy) is 2. The van der Waals surface area contributed by atoms with Gasteiger partial charge < -0.3 is 35.4 Å². The Labute approximate surface area is 231 Å². The van der Waals surface area contributed by atoms with Gasteiger partial charge in [-0.25, -0.2) is 19.7 Å². The van der Waals surface area contributed by atoms with Gasteiger partial charge in [-0.15, -0.1) is 0 Å². The highest BCUT2D eigenvalue weighted by Crippen LogP contribution is 2.33. The normalized spacial score (nSPS) is 23.4. The van der Waals surface area contributed by atoms with Crippen LogP contribution in [0.2, 0.25) is 0 Å². The molecule has 2 saturated heterocycles. The van der Waals surface area contributed by atoms with E-state index in [1.165, 1.54) is 27.9 Å². The van der Waals surface area contributed by atoms with Crippen molar-refractivity contribution >= 4 is 23.1 Å². The van der Waals surface area contributed by atoms with Gasteiger partial charge in [0, 0.05) is 19.5 Å². The van der Waals surface area contributed by atoms with Crippen molar-refractivity contribution in [2.45, 2.75) is 50.0 Å². The van der Waals surface area contributed by atoms with Crippen LogP contribution in [0.25, 0.3) is 11.2 Å². The topological polar surface area (TPSA) is 169 Å². The summed E-state index contributed by atoms with van der Waals surface area (Å²) in [7, 11) is 0. The maximum Gasteiger partial charge on any atom is 0.416 e. The van der Waals surface area contributed by atoms with Crippen LogP contribution in [0.3, 0.4) is 0 Å². The number of halogens is 3. The molecule has 12 nitrogen and oxygen atoms in total. The Bertz CT molecular complexity index is 1480. The molecule has 0 spiro atoms. The number of piperidine rings is 1. The molecule has 0 aliphatic carbocycles. The van der Waals surface area contributed by atoms with Gasteiger partial charge in [-0.05, 0) is 42.9 Å². The van der Waals surface area contributed by atoms with E-state index in [4.69, 9.17) is 15.2 Å². The second kappa shape index (κ2) is 11.5. The number of imidazole rings is 1. The highest BCUT2D eigenvalue weighted by molar-refractivity contribution is 5.82. The molecule has 218 valence electrons. The molecule has 15 heteroatoms. The predicted octanol–water partition coefficient (Wildman–Crippen LogP) is 1.69. The Morgan fingerprint density at radius 1 is 1.20 bits per heavy atom. The first-order chi connectivity index (χ1) is 19.5. The monoisotopic (exact) mass is 576 g/mol. The van der Waals surface area contributed by atoms with Gasteiger partial charge in [-0.1, -0.05) is 12.0 Å². The number of hydrogen-bond acceptors (Lipinski definition) is 10. The van der Waals surface area contributed by atoms with Gasteiger partial charge in [0.05, 0.1) is 18.5 Å². The second-order valence-corrected chi connectivity index (χ2v) is 9.82. The minimum atomic E-state index is -4.54. The molecule has 2 unspecified atom stereocenters. The fourth-order valence-corrected chi connectivity index (χ4v) is 4.79. The summed E-state index contributed by atoms with van der Waals surface area (Å²) in [5.74, 6) is 6.07. The van der Waals surface area contributed by atoms with Crippen molar-refractivity contribution in [3.05, 3.63) is 42.0 Å². The first-order valence-electron chi connectivity index (χ1n) is 12.8. The Morgan fingerprint density at radius 2 is 1.95 bits per heavy atom. The van der Waals surface area contributed by atoms with Crippen LogP contribution in [-0.2, 0) is 10.9 Å². The second-order valence-electron chi connectivity index (χ2n) is 9.82. The van der Waals surface area contributed by atoms with Crippen LogP contribution in [0.15, 0.2) is 30.6 Å². The van der Waals surface area contributed by atoms with E-state index < -0.39 is 49.0 Å². The smallest absolute Gasteiger partial charge is 0.410 e. The van der Waals surface area contributed by atoms with Gasteiger partial charge in [0.2, 0.25) is 5.82 Å². The van der Waals surface area contributed by atoms with Gasteiger partial charge in [0.15, 0.2) is 17.7 Å². The van der Waals surface area contributed by atoms with Crippen molar-refractivity contribution in [3.8, 4) is 17.6 Å². The van der Waals surface area contributed by atoms with Crippen LogP contribution in [0.4, 0.5) is 23.8 Å². The maximum absolute atomic E-state index is 12.9. The summed E-state index contributed by atoms with van der Waals surface area (Å²) in [5, 5.41) is 29.8. The standard InChI is InChI=1S/C26H27F3N6O6/c27-26(28,29)15-4-2-5-16(11-15)40-25(39)34-9-7-14(8-10-34)3-1-6-18-32-22(30)19-23(33-18)35(13-31-19)24-21(38)20(37)17(12-36)41-24/h2,4-5,11,13-14,17,20-21,24,36-38H,3,7-10,12H2,(H2,30,32,33)/t17-,20?,21?,24-/m1/s1. The summed E-state index contributed by atoms with van der Waals surface area (Å²) < 4.78 is 50.8. The molecular formula is C26H27F3N6O6. The largest absolute Gasteiger partial charge is 0.416 e. The van der Waals surface area contributed by atoms with Gasteiger partial charge in [0.25, 0.3) is 0 Å². The molecule has 2 aliphatic rings. The number of nitrogens with zero attached hydrogens (tertiary/aromatic N) is 5. The maximum atomic E-state index is 12.9. The molecular weight excluding hydrogens is 549 g/mol. The number of likely N-dealkylation sites (tertiary alicyclic amines) is 1.